The van der Waals surface area contributed by atoms with Crippen LogP contribution in [0.3, 0.4) is 0 Å². The van der Waals surface area contributed by atoms with Crippen LogP contribution in [0, 0.1) is 0 Å². The highest BCUT2D eigenvalue weighted by Gasteiger charge is 2.10. The van der Waals surface area contributed by atoms with Gasteiger partial charge in [-0.1, -0.05) is 12.1 Å². The van der Waals surface area contributed by atoms with Gasteiger partial charge in [0, 0.05) is 22.6 Å². The van der Waals surface area contributed by atoms with Crippen LogP contribution in [0.25, 0.3) is 22.3 Å². The average Bonchev–Trinajstić information content (AvgIpc) is 2.84. The molecule has 4 aromatic rings. The zero-order valence-corrected chi connectivity index (χ0v) is 19.1. The Morgan fingerprint density at radius 2 is 1.64 bits per heavy atom. The first kappa shape index (κ1) is 22.1. The molecule has 7 nitrogen and oxygen atoms in total. The highest BCUT2D eigenvalue weighted by Crippen LogP contribution is 2.27. The number of rotatable bonds is 8. The van der Waals surface area contributed by atoms with Gasteiger partial charge in [-0.3, -0.25) is 5.43 Å². The Hall–Kier alpha value is -4.13. The number of nitrogens with one attached hydrogen (secondary N) is 1. The van der Waals surface area contributed by atoms with Crippen LogP contribution in [0.2, 0.25) is 0 Å². The van der Waals surface area contributed by atoms with Gasteiger partial charge < -0.3 is 14.2 Å². The molecule has 1 aromatic heterocycles. The molecule has 1 heterocycles. The summed E-state index contributed by atoms with van der Waals surface area (Å²) in [5, 5.41) is 5.28. The number of ether oxygens (including phenoxy) is 3. The molecular formula is C26H26N4O3. The molecule has 0 aliphatic carbocycles. The van der Waals surface area contributed by atoms with Crippen LogP contribution in [0.4, 0.5) is 5.82 Å². The lowest BCUT2D eigenvalue weighted by Gasteiger charge is -2.11. The van der Waals surface area contributed by atoms with Crippen LogP contribution < -0.4 is 19.6 Å². The zero-order valence-electron chi connectivity index (χ0n) is 19.1. The minimum atomic E-state index is 0.116. The summed E-state index contributed by atoms with van der Waals surface area (Å²) in [5.74, 6) is 3.40. The molecule has 0 bridgehead atoms. The Morgan fingerprint density at radius 1 is 0.879 bits per heavy atom. The van der Waals surface area contributed by atoms with Crippen molar-refractivity contribution in [3.63, 3.8) is 0 Å². The van der Waals surface area contributed by atoms with E-state index in [-0.39, 0.29) is 6.10 Å². The summed E-state index contributed by atoms with van der Waals surface area (Å²) in [4.78, 5) is 9.47. The minimum absolute atomic E-state index is 0.116. The van der Waals surface area contributed by atoms with Crippen LogP contribution >= 0.6 is 0 Å². The molecule has 0 atom stereocenters. The first-order valence-electron chi connectivity index (χ1n) is 10.6. The molecule has 168 valence electrons. The van der Waals surface area contributed by atoms with E-state index < -0.39 is 0 Å². The van der Waals surface area contributed by atoms with Gasteiger partial charge in [0.05, 0.1) is 32.1 Å². The SMILES string of the molecule is COc1ccc(C=NNc2nc(-c3ccc(OC(C)C)cc3)nc3ccccc23)c(OC)c1. The Balaban J connectivity index is 1.64. The van der Waals surface area contributed by atoms with E-state index in [0.29, 0.717) is 23.1 Å². The van der Waals surface area contributed by atoms with Gasteiger partial charge in [0.15, 0.2) is 11.6 Å². The van der Waals surface area contributed by atoms with Gasteiger partial charge in [0.1, 0.15) is 17.2 Å². The van der Waals surface area contributed by atoms with Crippen LogP contribution in [-0.2, 0) is 0 Å². The molecule has 0 fully saturated rings. The Bertz CT molecular complexity index is 1270. The highest BCUT2D eigenvalue weighted by atomic mass is 16.5. The van der Waals surface area contributed by atoms with E-state index in [1.54, 1.807) is 20.4 Å². The maximum atomic E-state index is 5.74. The largest absolute Gasteiger partial charge is 0.497 e. The molecule has 33 heavy (non-hydrogen) atoms. The van der Waals surface area contributed by atoms with Gasteiger partial charge in [-0.15, -0.1) is 0 Å². The fourth-order valence-corrected chi connectivity index (χ4v) is 3.33. The lowest BCUT2D eigenvalue weighted by Crippen LogP contribution is -2.05. The molecule has 0 saturated heterocycles. The standard InChI is InChI=1S/C26H26N4O3/c1-17(2)33-20-12-9-18(10-13-20)25-28-23-8-6-5-7-22(23)26(29-25)30-27-16-19-11-14-21(31-3)15-24(19)32-4/h5-17H,1-4H3,(H,28,29,30). The summed E-state index contributed by atoms with van der Waals surface area (Å²) in [5.41, 5.74) is 5.59. The van der Waals surface area contributed by atoms with Crippen LogP contribution in [-0.4, -0.2) is 36.5 Å². The molecule has 1 N–H and O–H groups in total. The summed E-state index contributed by atoms with van der Waals surface area (Å²) in [6.07, 6.45) is 1.80. The number of benzene rings is 3. The third-order valence-corrected chi connectivity index (χ3v) is 4.90. The van der Waals surface area contributed by atoms with Gasteiger partial charge in [-0.05, 0) is 62.4 Å². The van der Waals surface area contributed by atoms with Crippen LogP contribution in [0.15, 0.2) is 71.8 Å². The maximum Gasteiger partial charge on any atom is 0.162 e. The third-order valence-electron chi connectivity index (χ3n) is 4.90. The highest BCUT2D eigenvalue weighted by molar-refractivity contribution is 5.91. The lowest BCUT2D eigenvalue weighted by molar-refractivity contribution is 0.242. The maximum absolute atomic E-state index is 5.74. The smallest absolute Gasteiger partial charge is 0.162 e. The van der Waals surface area contributed by atoms with Crippen molar-refractivity contribution in [2.75, 3.05) is 19.6 Å². The number of aromatic nitrogens is 2. The third kappa shape index (κ3) is 5.20. The number of hydrazone groups is 1. The molecule has 0 saturated carbocycles. The second-order valence-electron chi connectivity index (χ2n) is 7.58. The number of nitrogens with zero attached hydrogens (tertiary/aromatic N) is 3. The van der Waals surface area contributed by atoms with Gasteiger partial charge in [-0.2, -0.15) is 5.10 Å². The van der Waals surface area contributed by atoms with Gasteiger partial charge in [-0.25, -0.2) is 9.97 Å². The minimum Gasteiger partial charge on any atom is -0.497 e. The molecule has 0 unspecified atom stereocenters. The zero-order chi connectivity index (χ0) is 23.2. The normalized spacial score (nSPS) is 11.2. The molecule has 4 rings (SSSR count). The molecule has 0 amide bonds. The van der Waals surface area contributed by atoms with E-state index >= 15 is 0 Å². The van der Waals surface area contributed by atoms with E-state index in [9.17, 15) is 0 Å². The van der Waals surface area contributed by atoms with Gasteiger partial charge in [0.2, 0.25) is 0 Å². The predicted octanol–water partition coefficient (Wildman–Crippen LogP) is 5.55. The summed E-state index contributed by atoms with van der Waals surface area (Å²) in [6, 6.07) is 21.1. The average molecular weight is 443 g/mol. The second kappa shape index (κ2) is 9.99. The molecule has 0 aliphatic rings. The quantitative estimate of drug-likeness (QED) is 0.285. The number of methoxy groups -OCH3 is 2. The van der Waals surface area contributed by atoms with Crippen molar-refractivity contribution in [1.82, 2.24) is 9.97 Å². The van der Waals surface area contributed by atoms with E-state index in [1.807, 2.05) is 80.6 Å². The summed E-state index contributed by atoms with van der Waals surface area (Å²) < 4.78 is 16.4. The summed E-state index contributed by atoms with van der Waals surface area (Å²) in [7, 11) is 3.23. The van der Waals surface area contributed by atoms with Crippen molar-refractivity contribution < 1.29 is 14.2 Å². The second-order valence-corrected chi connectivity index (χ2v) is 7.58. The fourth-order valence-electron chi connectivity index (χ4n) is 3.33. The number of hydrogen-bond donors (Lipinski definition) is 1. The van der Waals surface area contributed by atoms with Crippen LogP contribution in [0.1, 0.15) is 19.4 Å². The number of anilines is 1. The molecule has 0 spiro atoms. The Morgan fingerprint density at radius 3 is 2.36 bits per heavy atom. The van der Waals surface area contributed by atoms with Gasteiger partial charge >= 0.3 is 0 Å². The van der Waals surface area contributed by atoms with Crippen molar-refractivity contribution >= 4 is 22.9 Å². The molecule has 0 aliphatic heterocycles. The molecule has 7 heteroatoms. The first-order chi connectivity index (χ1) is 16.1. The van der Waals surface area contributed by atoms with Crippen molar-refractivity contribution in [3.8, 4) is 28.6 Å². The van der Waals surface area contributed by atoms with E-state index in [0.717, 1.165) is 27.8 Å². The molecule has 3 aromatic carbocycles. The first-order valence-corrected chi connectivity index (χ1v) is 10.6. The monoisotopic (exact) mass is 442 g/mol. The summed E-state index contributed by atoms with van der Waals surface area (Å²) >= 11 is 0. The summed E-state index contributed by atoms with van der Waals surface area (Å²) in [6.45, 7) is 4.00. The lowest BCUT2D eigenvalue weighted by atomic mass is 10.1. The topological polar surface area (TPSA) is 77.9 Å². The number of hydrogen-bond acceptors (Lipinski definition) is 7. The predicted molar refractivity (Wildman–Crippen MR) is 132 cm³/mol. The van der Waals surface area contributed by atoms with Crippen molar-refractivity contribution in [2.24, 2.45) is 5.10 Å². The fraction of sp³-hybridized carbons (Fsp3) is 0.192. The van der Waals surface area contributed by atoms with E-state index in [1.165, 1.54) is 0 Å². The van der Waals surface area contributed by atoms with E-state index in [2.05, 4.69) is 10.5 Å². The van der Waals surface area contributed by atoms with Crippen molar-refractivity contribution in [1.29, 1.82) is 0 Å². The van der Waals surface area contributed by atoms with Crippen molar-refractivity contribution in [2.45, 2.75) is 20.0 Å². The van der Waals surface area contributed by atoms with Crippen LogP contribution in [0.5, 0.6) is 17.2 Å². The number of fused-ring (bicyclic) bond motifs is 1. The van der Waals surface area contributed by atoms with E-state index in [4.69, 9.17) is 24.2 Å². The Kier molecular flexibility index (Phi) is 6.69. The van der Waals surface area contributed by atoms with Crippen molar-refractivity contribution in [3.05, 3.63) is 72.3 Å². The molecule has 0 radical (unpaired) electrons. The Labute approximate surface area is 193 Å². The number of para-hydroxylation sites is 1. The van der Waals surface area contributed by atoms with Gasteiger partial charge in [0.25, 0.3) is 0 Å². The molecular weight excluding hydrogens is 416 g/mol.